The van der Waals surface area contributed by atoms with Gasteiger partial charge in [-0.25, -0.2) is 14.8 Å². The Kier molecular flexibility index (Phi) is 5.28. The Morgan fingerprint density at radius 2 is 1.81 bits per heavy atom. The summed E-state index contributed by atoms with van der Waals surface area (Å²) in [6, 6.07) is 12.3. The summed E-state index contributed by atoms with van der Waals surface area (Å²) < 4.78 is 51.6. The van der Waals surface area contributed by atoms with Gasteiger partial charge in [0.05, 0.1) is 11.9 Å². The number of pyridine rings is 2. The van der Waals surface area contributed by atoms with Gasteiger partial charge < -0.3 is 10.6 Å². The van der Waals surface area contributed by atoms with Gasteiger partial charge in [-0.15, -0.1) is 0 Å². The fourth-order valence-corrected chi connectivity index (χ4v) is 3.03. The molecule has 0 unspecified atom stereocenters. The number of anilines is 1. The summed E-state index contributed by atoms with van der Waals surface area (Å²) in [6.07, 6.45) is 0.389. The predicted molar refractivity (Wildman–Crippen MR) is 107 cm³/mol. The topological polar surface area (TPSA) is 71.3 Å². The second kappa shape index (κ2) is 8.05. The van der Waals surface area contributed by atoms with Gasteiger partial charge in [0.25, 0.3) is 0 Å². The largest absolute Gasteiger partial charge is 0.405 e. The smallest absolute Gasteiger partial charge is 0.329 e. The van der Waals surface area contributed by atoms with Crippen molar-refractivity contribution < 1.29 is 22.4 Å². The summed E-state index contributed by atoms with van der Waals surface area (Å²) in [5, 5.41) is 4.14. The lowest BCUT2D eigenvalue weighted by Crippen LogP contribution is -2.36. The van der Waals surface area contributed by atoms with Gasteiger partial charge in [-0.2, -0.15) is 17.6 Å². The van der Waals surface area contributed by atoms with Crippen molar-refractivity contribution in [3.05, 3.63) is 73.1 Å². The summed E-state index contributed by atoms with van der Waals surface area (Å²) >= 11 is 0. The van der Waals surface area contributed by atoms with Crippen molar-refractivity contribution in [1.29, 1.82) is 0 Å². The molecule has 31 heavy (non-hydrogen) atoms. The number of amides is 2. The van der Waals surface area contributed by atoms with Crippen LogP contribution in [0.4, 0.5) is 28.0 Å². The third-order valence-corrected chi connectivity index (χ3v) is 4.44. The van der Waals surface area contributed by atoms with E-state index in [0.717, 1.165) is 16.8 Å². The van der Waals surface area contributed by atoms with E-state index in [9.17, 15) is 22.4 Å². The van der Waals surface area contributed by atoms with Crippen LogP contribution in [0.15, 0.2) is 67.1 Å². The van der Waals surface area contributed by atoms with Crippen LogP contribution < -0.4 is 10.6 Å². The molecular formula is C21H15F4N5O. The van der Waals surface area contributed by atoms with Crippen molar-refractivity contribution >= 4 is 17.4 Å². The predicted octanol–water partition coefficient (Wildman–Crippen LogP) is 4.89. The number of hydrogen-bond donors (Lipinski definition) is 2. The number of carbonyl (C=O) groups excluding carboxylic acids is 1. The van der Waals surface area contributed by atoms with E-state index in [0.29, 0.717) is 16.9 Å². The standard InChI is InChI=1S/C21H15F4N5O/c22-18-5-4-15(10-26-18)13-6-7-30-17(11-27-19(30)9-13)14-2-1-3-16(8-14)29-20(31)28-12-21(23,24)25/h1-11H,12H2,(H2,28,29,31). The number of hydrogen-bond acceptors (Lipinski definition) is 3. The minimum atomic E-state index is -4.49. The molecule has 0 saturated heterocycles. The first-order valence-electron chi connectivity index (χ1n) is 9.09. The van der Waals surface area contributed by atoms with Crippen LogP contribution in [0.1, 0.15) is 0 Å². The number of urea groups is 1. The second-order valence-electron chi connectivity index (χ2n) is 6.66. The van der Waals surface area contributed by atoms with E-state index in [1.807, 2.05) is 16.5 Å². The average Bonchev–Trinajstić information content (AvgIpc) is 3.16. The van der Waals surface area contributed by atoms with E-state index in [1.54, 1.807) is 48.0 Å². The molecule has 4 rings (SSSR count). The third-order valence-electron chi connectivity index (χ3n) is 4.44. The number of alkyl halides is 3. The highest BCUT2D eigenvalue weighted by Crippen LogP contribution is 2.26. The van der Waals surface area contributed by atoms with Crippen LogP contribution in [0.5, 0.6) is 0 Å². The molecule has 0 radical (unpaired) electrons. The van der Waals surface area contributed by atoms with Crippen molar-refractivity contribution in [3.8, 4) is 22.4 Å². The van der Waals surface area contributed by atoms with Crippen molar-refractivity contribution in [3.63, 3.8) is 0 Å². The Hall–Kier alpha value is -3.95. The molecule has 0 aliphatic carbocycles. The van der Waals surface area contributed by atoms with E-state index in [4.69, 9.17) is 0 Å². The van der Waals surface area contributed by atoms with Gasteiger partial charge in [-0.05, 0) is 42.0 Å². The maximum atomic E-state index is 13.0. The number of fused-ring (bicyclic) bond motifs is 1. The maximum absolute atomic E-state index is 13.0. The lowest BCUT2D eigenvalue weighted by molar-refractivity contribution is -0.122. The number of rotatable bonds is 4. The molecule has 2 amide bonds. The lowest BCUT2D eigenvalue weighted by atomic mass is 10.1. The fraction of sp³-hybridized carbons (Fsp3) is 0.0952. The molecule has 0 bridgehead atoms. The van der Waals surface area contributed by atoms with Crippen molar-refractivity contribution in [1.82, 2.24) is 19.7 Å². The molecule has 6 nitrogen and oxygen atoms in total. The molecule has 0 aliphatic heterocycles. The SMILES string of the molecule is O=C(NCC(F)(F)F)Nc1cccc(-c2cnc3cc(-c4ccc(F)nc4)ccn23)c1. The number of nitrogens with one attached hydrogen (secondary N) is 2. The second-order valence-corrected chi connectivity index (χ2v) is 6.66. The van der Waals surface area contributed by atoms with Crippen LogP contribution in [0, 0.1) is 5.95 Å². The molecule has 10 heteroatoms. The summed E-state index contributed by atoms with van der Waals surface area (Å²) in [6.45, 7) is -1.42. The van der Waals surface area contributed by atoms with E-state index >= 15 is 0 Å². The number of carbonyl (C=O) groups is 1. The first-order chi connectivity index (χ1) is 14.8. The minimum Gasteiger partial charge on any atom is -0.329 e. The van der Waals surface area contributed by atoms with Gasteiger partial charge in [0.15, 0.2) is 0 Å². The van der Waals surface area contributed by atoms with Crippen LogP contribution in [-0.4, -0.2) is 33.1 Å². The number of aromatic nitrogens is 3. The Morgan fingerprint density at radius 1 is 0.968 bits per heavy atom. The zero-order chi connectivity index (χ0) is 22.0. The Balaban J connectivity index is 1.57. The molecule has 0 atom stereocenters. The normalized spacial score (nSPS) is 11.5. The summed E-state index contributed by atoms with van der Waals surface area (Å²) in [4.78, 5) is 19.7. The highest BCUT2D eigenvalue weighted by Gasteiger charge is 2.27. The summed E-state index contributed by atoms with van der Waals surface area (Å²) in [7, 11) is 0. The molecule has 3 aromatic heterocycles. The molecule has 0 saturated carbocycles. The minimum absolute atomic E-state index is 0.334. The molecule has 4 aromatic rings. The van der Waals surface area contributed by atoms with Gasteiger partial charge in [0.1, 0.15) is 12.2 Å². The van der Waals surface area contributed by atoms with Crippen LogP contribution in [0.2, 0.25) is 0 Å². The van der Waals surface area contributed by atoms with E-state index < -0.39 is 24.7 Å². The van der Waals surface area contributed by atoms with Crippen LogP contribution in [0.3, 0.4) is 0 Å². The van der Waals surface area contributed by atoms with Crippen molar-refractivity contribution in [2.45, 2.75) is 6.18 Å². The van der Waals surface area contributed by atoms with E-state index in [-0.39, 0.29) is 0 Å². The van der Waals surface area contributed by atoms with Gasteiger partial charge >= 0.3 is 12.2 Å². The highest BCUT2D eigenvalue weighted by atomic mass is 19.4. The number of nitrogens with zero attached hydrogens (tertiary/aromatic N) is 3. The van der Waals surface area contributed by atoms with Crippen molar-refractivity contribution in [2.24, 2.45) is 0 Å². The zero-order valence-electron chi connectivity index (χ0n) is 15.8. The van der Waals surface area contributed by atoms with Gasteiger partial charge in [-0.1, -0.05) is 12.1 Å². The number of imidazole rings is 1. The highest BCUT2D eigenvalue weighted by molar-refractivity contribution is 5.90. The number of halogens is 4. The van der Waals surface area contributed by atoms with Gasteiger partial charge in [0, 0.05) is 29.2 Å². The van der Waals surface area contributed by atoms with Gasteiger partial charge in [0.2, 0.25) is 5.95 Å². The molecule has 0 spiro atoms. The zero-order valence-corrected chi connectivity index (χ0v) is 15.8. The average molecular weight is 429 g/mol. The molecule has 0 fully saturated rings. The Labute approximate surface area is 173 Å². The van der Waals surface area contributed by atoms with Crippen LogP contribution >= 0.6 is 0 Å². The van der Waals surface area contributed by atoms with Crippen LogP contribution in [-0.2, 0) is 0 Å². The van der Waals surface area contributed by atoms with Crippen molar-refractivity contribution in [2.75, 3.05) is 11.9 Å². The van der Waals surface area contributed by atoms with Gasteiger partial charge in [-0.3, -0.25) is 4.40 Å². The molecule has 1 aromatic carbocycles. The monoisotopic (exact) mass is 429 g/mol. The molecular weight excluding hydrogens is 414 g/mol. The Bertz CT molecular complexity index is 1230. The quantitative estimate of drug-likeness (QED) is 0.359. The summed E-state index contributed by atoms with van der Waals surface area (Å²) in [5.41, 5.74) is 3.95. The van der Waals surface area contributed by atoms with E-state index in [2.05, 4.69) is 15.3 Å². The van der Waals surface area contributed by atoms with Crippen LogP contribution in [0.25, 0.3) is 28.0 Å². The molecule has 158 valence electrons. The van der Waals surface area contributed by atoms with E-state index in [1.165, 1.54) is 12.3 Å². The first-order valence-corrected chi connectivity index (χ1v) is 9.09. The summed E-state index contributed by atoms with van der Waals surface area (Å²) in [5.74, 6) is -0.562. The fourth-order valence-electron chi connectivity index (χ4n) is 3.03. The molecule has 0 aliphatic rings. The first kappa shape index (κ1) is 20.3. The number of benzene rings is 1. The molecule has 3 heterocycles. The Morgan fingerprint density at radius 3 is 2.55 bits per heavy atom. The third kappa shape index (κ3) is 4.80. The lowest BCUT2D eigenvalue weighted by Gasteiger charge is -2.11. The molecule has 2 N–H and O–H groups in total. The maximum Gasteiger partial charge on any atom is 0.405 e.